The van der Waals surface area contributed by atoms with E-state index in [4.69, 9.17) is 0 Å². The van der Waals surface area contributed by atoms with E-state index in [-0.39, 0.29) is 11.8 Å². The maximum Gasteiger partial charge on any atom is 0.225 e. The summed E-state index contributed by atoms with van der Waals surface area (Å²) in [4.78, 5) is 15.5. The van der Waals surface area contributed by atoms with Gasteiger partial charge in [-0.2, -0.15) is 0 Å². The van der Waals surface area contributed by atoms with Crippen LogP contribution in [-0.4, -0.2) is 38.2 Å². The summed E-state index contributed by atoms with van der Waals surface area (Å²) in [5.74, 6) is 1.05. The van der Waals surface area contributed by atoms with Gasteiger partial charge in [0.1, 0.15) is 6.33 Å². The van der Waals surface area contributed by atoms with E-state index in [1.807, 2.05) is 4.57 Å². The lowest BCUT2D eigenvalue weighted by molar-refractivity contribution is -0.125. The van der Waals surface area contributed by atoms with Crippen LogP contribution in [0.5, 0.6) is 0 Å². The van der Waals surface area contributed by atoms with Gasteiger partial charge in [-0.25, -0.2) is 0 Å². The third-order valence-electron chi connectivity index (χ3n) is 5.79. The number of carbonyl (C=O) groups is 1. The second-order valence-corrected chi connectivity index (χ2v) is 7.37. The van der Waals surface area contributed by atoms with E-state index in [9.17, 15) is 4.79 Å². The van der Waals surface area contributed by atoms with E-state index in [0.717, 1.165) is 38.2 Å². The number of aryl methyl sites for hydroxylation is 1. The lowest BCUT2D eigenvalue weighted by Crippen LogP contribution is -2.37. The number of rotatable bonds is 6. The van der Waals surface area contributed by atoms with Gasteiger partial charge in [-0.3, -0.25) is 9.69 Å². The van der Waals surface area contributed by atoms with Crippen molar-refractivity contribution in [1.29, 1.82) is 0 Å². The average Bonchev–Trinajstić information content (AvgIpc) is 3.37. The number of aromatic nitrogens is 3. The van der Waals surface area contributed by atoms with E-state index >= 15 is 0 Å². The molecule has 6 heteroatoms. The van der Waals surface area contributed by atoms with Crippen LogP contribution in [0.25, 0.3) is 0 Å². The summed E-state index contributed by atoms with van der Waals surface area (Å²) in [6, 6.07) is 11.3. The summed E-state index contributed by atoms with van der Waals surface area (Å²) in [6.07, 6.45) is 5.97. The monoisotopic (exact) mass is 353 g/mol. The number of amides is 1. The van der Waals surface area contributed by atoms with Crippen LogP contribution in [0.3, 0.4) is 0 Å². The Morgan fingerprint density at radius 2 is 2.15 bits per heavy atom. The molecule has 2 aliphatic heterocycles. The molecule has 0 saturated carbocycles. The summed E-state index contributed by atoms with van der Waals surface area (Å²) in [5, 5.41) is 11.2. The van der Waals surface area contributed by atoms with Crippen molar-refractivity contribution < 1.29 is 4.79 Å². The maximum absolute atomic E-state index is 12.9. The lowest BCUT2D eigenvalue weighted by Gasteiger charge is -2.24. The topological polar surface area (TPSA) is 63.1 Å². The van der Waals surface area contributed by atoms with Crippen LogP contribution in [0.15, 0.2) is 36.7 Å². The minimum atomic E-state index is 0.0604. The molecule has 1 amide bonds. The normalized spacial score (nSPS) is 25.3. The molecular weight excluding hydrogens is 326 g/mol. The third-order valence-corrected chi connectivity index (χ3v) is 5.79. The number of hydrogen-bond acceptors (Lipinski definition) is 4. The minimum Gasteiger partial charge on any atom is -0.349 e. The van der Waals surface area contributed by atoms with Crippen molar-refractivity contribution in [1.82, 2.24) is 25.0 Å². The van der Waals surface area contributed by atoms with Crippen molar-refractivity contribution in [2.24, 2.45) is 5.92 Å². The van der Waals surface area contributed by atoms with E-state index in [1.165, 1.54) is 12.0 Å². The number of fused-ring (bicyclic) bond motifs is 1. The fraction of sp³-hybridized carbons (Fsp3) is 0.550. The van der Waals surface area contributed by atoms with Gasteiger partial charge in [-0.15, -0.1) is 10.2 Å². The highest BCUT2D eigenvalue weighted by molar-refractivity contribution is 5.80. The first-order chi connectivity index (χ1) is 12.8. The first-order valence-corrected chi connectivity index (χ1v) is 9.73. The Bertz CT molecular complexity index is 744. The second kappa shape index (κ2) is 7.58. The molecule has 3 heterocycles. The molecule has 0 bridgehead atoms. The molecule has 1 aromatic heterocycles. The highest BCUT2D eigenvalue weighted by Gasteiger charge is 2.46. The van der Waals surface area contributed by atoms with Gasteiger partial charge in [0, 0.05) is 18.6 Å². The number of nitrogens with zero attached hydrogens (tertiary/aromatic N) is 4. The zero-order valence-corrected chi connectivity index (χ0v) is 15.3. The highest BCUT2D eigenvalue weighted by Crippen LogP contribution is 2.44. The van der Waals surface area contributed by atoms with Crippen LogP contribution in [0.2, 0.25) is 0 Å². The van der Waals surface area contributed by atoms with Gasteiger partial charge in [-0.05, 0) is 37.8 Å². The standard InChI is InChI=1S/C20H27N5O/c1-2-10-24-14-22-23-19(24)13-21-20(26)16-12-18(15-7-4-3-5-8-15)25-11-6-9-17(16)25/h3-5,7-8,14,16-18H,2,6,9-13H2,1H3,(H,21,26)/t16-,17+,18-/m1/s1. The van der Waals surface area contributed by atoms with Crippen molar-refractivity contribution in [2.45, 2.75) is 57.8 Å². The van der Waals surface area contributed by atoms with Gasteiger partial charge in [0.25, 0.3) is 0 Å². The first kappa shape index (κ1) is 17.2. The molecule has 2 aliphatic rings. The minimum absolute atomic E-state index is 0.0604. The van der Waals surface area contributed by atoms with E-state index < -0.39 is 0 Å². The van der Waals surface area contributed by atoms with E-state index in [0.29, 0.717) is 18.6 Å². The molecule has 0 aliphatic carbocycles. The van der Waals surface area contributed by atoms with Crippen molar-refractivity contribution >= 4 is 5.91 Å². The molecule has 138 valence electrons. The molecule has 2 fully saturated rings. The van der Waals surface area contributed by atoms with E-state index in [1.54, 1.807) is 6.33 Å². The molecule has 4 rings (SSSR count). The van der Waals surface area contributed by atoms with Gasteiger partial charge in [0.15, 0.2) is 5.82 Å². The molecule has 0 radical (unpaired) electrons. The fourth-order valence-electron chi connectivity index (χ4n) is 4.59. The first-order valence-electron chi connectivity index (χ1n) is 9.73. The molecule has 6 nitrogen and oxygen atoms in total. The SMILES string of the molecule is CCCn1cnnc1CNC(=O)[C@@H]1C[C@H](c2ccccc2)N2CCC[C@@H]12. The summed E-state index contributed by atoms with van der Waals surface area (Å²) in [5.41, 5.74) is 1.33. The second-order valence-electron chi connectivity index (χ2n) is 7.37. The Kier molecular flexibility index (Phi) is 5.02. The van der Waals surface area contributed by atoms with Crippen LogP contribution < -0.4 is 5.32 Å². The Labute approximate surface area is 154 Å². The quantitative estimate of drug-likeness (QED) is 0.867. The molecule has 0 unspecified atom stereocenters. The Morgan fingerprint density at radius 3 is 2.96 bits per heavy atom. The predicted molar refractivity (Wildman–Crippen MR) is 99.2 cm³/mol. The van der Waals surface area contributed by atoms with Gasteiger partial charge in [0.2, 0.25) is 5.91 Å². The lowest BCUT2D eigenvalue weighted by atomic mass is 9.93. The van der Waals surface area contributed by atoms with Crippen LogP contribution in [0, 0.1) is 5.92 Å². The smallest absolute Gasteiger partial charge is 0.225 e. The average molecular weight is 353 g/mol. The Hall–Kier alpha value is -2.21. The fourth-order valence-corrected chi connectivity index (χ4v) is 4.59. The zero-order valence-electron chi connectivity index (χ0n) is 15.3. The maximum atomic E-state index is 12.9. The number of nitrogens with one attached hydrogen (secondary N) is 1. The summed E-state index contributed by atoms with van der Waals surface area (Å²) >= 11 is 0. The molecule has 26 heavy (non-hydrogen) atoms. The molecule has 0 spiro atoms. The van der Waals surface area contributed by atoms with Crippen molar-refractivity contribution in [3.63, 3.8) is 0 Å². The molecule has 3 atom stereocenters. The summed E-state index contributed by atoms with van der Waals surface area (Å²) in [6.45, 7) is 4.56. The largest absolute Gasteiger partial charge is 0.349 e. The zero-order chi connectivity index (χ0) is 17.9. The van der Waals surface area contributed by atoms with Crippen LogP contribution >= 0.6 is 0 Å². The number of benzene rings is 1. The van der Waals surface area contributed by atoms with Gasteiger partial charge in [0.05, 0.1) is 12.5 Å². The summed E-state index contributed by atoms with van der Waals surface area (Å²) < 4.78 is 2.02. The Balaban J connectivity index is 1.43. The Morgan fingerprint density at radius 1 is 1.31 bits per heavy atom. The van der Waals surface area contributed by atoms with Crippen molar-refractivity contribution in [3.05, 3.63) is 48.0 Å². The van der Waals surface area contributed by atoms with Crippen LogP contribution in [-0.2, 0) is 17.9 Å². The molecule has 1 N–H and O–H groups in total. The molecular formula is C20H27N5O. The van der Waals surface area contributed by atoms with Crippen LogP contribution in [0.1, 0.15) is 50.0 Å². The van der Waals surface area contributed by atoms with Crippen molar-refractivity contribution in [3.8, 4) is 0 Å². The number of hydrogen-bond donors (Lipinski definition) is 1. The summed E-state index contributed by atoms with van der Waals surface area (Å²) in [7, 11) is 0. The van der Waals surface area contributed by atoms with Gasteiger partial charge in [-0.1, -0.05) is 37.3 Å². The van der Waals surface area contributed by atoms with Crippen molar-refractivity contribution in [2.75, 3.05) is 6.54 Å². The molecule has 2 aromatic rings. The van der Waals surface area contributed by atoms with E-state index in [2.05, 4.69) is 57.7 Å². The predicted octanol–water partition coefficient (Wildman–Crippen LogP) is 2.53. The highest BCUT2D eigenvalue weighted by atomic mass is 16.2. The van der Waals surface area contributed by atoms with Gasteiger partial charge >= 0.3 is 0 Å². The van der Waals surface area contributed by atoms with Crippen LogP contribution in [0.4, 0.5) is 0 Å². The molecule has 1 aromatic carbocycles. The molecule has 2 saturated heterocycles. The number of carbonyl (C=O) groups excluding carboxylic acids is 1. The van der Waals surface area contributed by atoms with Gasteiger partial charge < -0.3 is 9.88 Å². The third kappa shape index (κ3) is 3.26.